The molecule has 0 spiro atoms. The highest BCUT2D eigenvalue weighted by atomic mass is 19.1. The molecule has 6 heteroatoms. The van der Waals surface area contributed by atoms with Crippen LogP contribution in [0.25, 0.3) is 0 Å². The van der Waals surface area contributed by atoms with Crippen molar-refractivity contribution in [3.63, 3.8) is 0 Å². The highest BCUT2D eigenvalue weighted by molar-refractivity contribution is 5.91. The van der Waals surface area contributed by atoms with E-state index < -0.39 is 11.6 Å². The molecule has 0 saturated carbocycles. The molecule has 0 heterocycles. The predicted molar refractivity (Wildman–Crippen MR) is 81.4 cm³/mol. The molecule has 2 aromatic rings. The monoisotopic (exact) mass is 316 g/mol. The van der Waals surface area contributed by atoms with Crippen molar-refractivity contribution in [1.29, 1.82) is 5.26 Å². The summed E-state index contributed by atoms with van der Waals surface area (Å²) in [4.78, 5) is 11.9. The summed E-state index contributed by atoms with van der Waals surface area (Å²) < 4.78 is 26.5. The molecule has 0 fully saturated rings. The Morgan fingerprint density at radius 1 is 1.26 bits per heavy atom. The standard InChI is InChI=1S/C17H15F2N3O/c1-11(15-7-4-13(18)8-16(15)19)21-10-17(23)22-14-5-2-12(9-20)3-6-14/h2-8,11,21H,10H2,1H3,(H,22,23)/p+1/t11-/m0/s1. The Kier molecular flexibility index (Phi) is 5.39. The first-order valence-corrected chi connectivity index (χ1v) is 7.08. The first-order chi connectivity index (χ1) is 11.0. The number of benzene rings is 2. The average Bonchev–Trinajstić information content (AvgIpc) is 2.53. The van der Waals surface area contributed by atoms with Crippen LogP contribution in [0.1, 0.15) is 24.1 Å². The Hall–Kier alpha value is -2.78. The zero-order chi connectivity index (χ0) is 16.8. The van der Waals surface area contributed by atoms with Crippen molar-refractivity contribution >= 4 is 11.6 Å². The summed E-state index contributed by atoms with van der Waals surface area (Å²) in [6.07, 6.45) is 0. The Balaban J connectivity index is 1.89. The summed E-state index contributed by atoms with van der Waals surface area (Å²) in [5.74, 6) is -1.50. The lowest BCUT2D eigenvalue weighted by atomic mass is 10.1. The van der Waals surface area contributed by atoms with Crippen molar-refractivity contribution in [3.8, 4) is 6.07 Å². The number of carbonyl (C=O) groups is 1. The molecule has 118 valence electrons. The molecule has 0 saturated heterocycles. The van der Waals surface area contributed by atoms with Crippen molar-refractivity contribution in [1.82, 2.24) is 0 Å². The molecule has 0 unspecified atom stereocenters. The van der Waals surface area contributed by atoms with Crippen LogP contribution in [0.2, 0.25) is 0 Å². The number of quaternary nitrogens is 1. The molecule has 1 amide bonds. The molecule has 2 rings (SSSR count). The fraction of sp³-hybridized carbons (Fsp3) is 0.176. The topological polar surface area (TPSA) is 69.5 Å². The van der Waals surface area contributed by atoms with Crippen molar-refractivity contribution in [2.45, 2.75) is 13.0 Å². The number of anilines is 1. The number of amides is 1. The van der Waals surface area contributed by atoms with E-state index in [2.05, 4.69) is 5.32 Å². The molecule has 0 aliphatic heterocycles. The third-order valence-electron chi connectivity index (χ3n) is 3.41. The van der Waals surface area contributed by atoms with E-state index in [1.807, 2.05) is 6.07 Å². The molecule has 2 aromatic carbocycles. The fourth-order valence-corrected chi connectivity index (χ4v) is 2.12. The van der Waals surface area contributed by atoms with Gasteiger partial charge < -0.3 is 10.6 Å². The minimum Gasteiger partial charge on any atom is -0.332 e. The van der Waals surface area contributed by atoms with E-state index in [1.165, 1.54) is 12.1 Å². The molecule has 23 heavy (non-hydrogen) atoms. The van der Waals surface area contributed by atoms with Crippen LogP contribution in [0, 0.1) is 23.0 Å². The van der Waals surface area contributed by atoms with Gasteiger partial charge >= 0.3 is 0 Å². The van der Waals surface area contributed by atoms with Gasteiger partial charge in [0.05, 0.1) is 11.6 Å². The summed E-state index contributed by atoms with van der Waals surface area (Å²) in [5.41, 5.74) is 1.44. The van der Waals surface area contributed by atoms with Gasteiger partial charge in [-0.15, -0.1) is 0 Å². The molecular weight excluding hydrogens is 300 g/mol. The second kappa shape index (κ2) is 7.47. The van der Waals surface area contributed by atoms with Crippen LogP contribution in [-0.2, 0) is 4.79 Å². The van der Waals surface area contributed by atoms with Crippen molar-refractivity contribution in [3.05, 3.63) is 65.2 Å². The van der Waals surface area contributed by atoms with E-state index in [1.54, 1.807) is 36.5 Å². The maximum Gasteiger partial charge on any atom is 0.279 e. The largest absolute Gasteiger partial charge is 0.332 e. The summed E-state index contributed by atoms with van der Waals surface area (Å²) in [7, 11) is 0. The highest BCUT2D eigenvalue weighted by Crippen LogP contribution is 2.14. The van der Waals surface area contributed by atoms with Crippen LogP contribution in [0.3, 0.4) is 0 Å². The molecule has 3 N–H and O–H groups in total. The maximum atomic E-state index is 13.7. The van der Waals surface area contributed by atoms with Crippen molar-refractivity contribution in [2.75, 3.05) is 11.9 Å². The summed E-state index contributed by atoms with van der Waals surface area (Å²) in [5, 5.41) is 13.1. The van der Waals surface area contributed by atoms with E-state index in [9.17, 15) is 13.6 Å². The Morgan fingerprint density at radius 3 is 2.57 bits per heavy atom. The SMILES string of the molecule is C[C@H]([NH2+]CC(=O)Nc1ccc(C#N)cc1)c1ccc(F)cc1F. The quantitative estimate of drug-likeness (QED) is 0.887. The molecule has 0 radical (unpaired) electrons. The lowest BCUT2D eigenvalue weighted by Crippen LogP contribution is -2.86. The second-order valence-corrected chi connectivity index (χ2v) is 5.13. The fourth-order valence-electron chi connectivity index (χ4n) is 2.12. The molecule has 4 nitrogen and oxygen atoms in total. The zero-order valence-electron chi connectivity index (χ0n) is 12.5. The van der Waals surface area contributed by atoms with E-state index in [-0.39, 0.29) is 18.5 Å². The van der Waals surface area contributed by atoms with Gasteiger partial charge in [0, 0.05) is 17.3 Å². The maximum absolute atomic E-state index is 13.7. The van der Waals surface area contributed by atoms with Crippen LogP contribution < -0.4 is 10.6 Å². The molecule has 0 aliphatic rings. The number of nitrogens with one attached hydrogen (secondary N) is 1. The van der Waals surface area contributed by atoms with Crippen LogP contribution in [0.5, 0.6) is 0 Å². The first kappa shape index (κ1) is 16.6. The average molecular weight is 316 g/mol. The van der Waals surface area contributed by atoms with Gasteiger partial charge in [0.2, 0.25) is 0 Å². The van der Waals surface area contributed by atoms with Crippen LogP contribution >= 0.6 is 0 Å². The van der Waals surface area contributed by atoms with Crippen molar-refractivity contribution < 1.29 is 18.9 Å². The number of halogens is 2. The number of hydrogen-bond donors (Lipinski definition) is 2. The van der Waals surface area contributed by atoms with E-state index in [0.29, 0.717) is 16.8 Å². The zero-order valence-corrected chi connectivity index (χ0v) is 12.5. The molecule has 0 aliphatic carbocycles. The summed E-state index contributed by atoms with van der Waals surface area (Å²) in [6, 6.07) is 11.6. The number of carbonyl (C=O) groups excluding carboxylic acids is 1. The molecule has 1 atom stereocenters. The Morgan fingerprint density at radius 2 is 1.96 bits per heavy atom. The summed E-state index contributed by atoms with van der Waals surface area (Å²) >= 11 is 0. The van der Waals surface area contributed by atoms with Gasteiger partial charge in [-0.05, 0) is 43.3 Å². The van der Waals surface area contributed by atoms with Gasteiger partial charge in [0.25, 0.3) is 5.91 Å². The third kappa shape index (κ3) is 4.59. The van der Waals surface area contributed by atoms with Gasteiger partial charge in [-0.3, -0.25) is 4.79 Å². The van der Waals surface area contributed by atoms with E-state index in [4.69, 9.17) is 5.26 Å². The van der Waals surface area contributed by atoms with Gasteiger partial charge in [0.1, 0.15) is 17.7 Å². The smallest absolute Gasteiger partial charge is 0.279 e. The first-order valence-electron chi connectivity index (χ1n) is 7.08. The van der Waals surface area contributed by atoms with Crippen molar-refractivity contribution in [2.24, 2.45) is 0 Å². The van der Waals surface area contributed by atoms with Gasteiger partial charge in [-0.25, -0.2) is 8.78 Å². The number of rotatable bonds is 5. The van der Waals surface area contributed by atoms with Gasteiger partial charge in [-0.2, -0.15) is 5.26 Å². The number of nitrogens with zero attached hydrogens (tertiary/aromatic N) is 1. The minimum atomic E-state index is -0.628. The minimum absolute atomic E-state index is 0.0952. The van der Waals surface area contributed by atoms with Crippen LogP contribution in [0.15, 0.2) is 42.5 Å². The third-order valence-corrected chi connectivity index (χ3v) is 3.41. The number of nitriles is 1. The number of hydrogen-bond acceptors (Lipinski definition) is 2. The lowest BCUT2D eigenvalue weighted by molar-refractivity contribution is -0.682. The molecule has 0 bridgehead atoms. The molecular formula is C17H16F2N3O+. The summed E-state index contributed by atoms with van der Waals surface area (Å²) in [6.45, 7) is 1.84. The van der Waals surface area contributed by atoms with Crippen LogP contribution in [0.4, 0.5) is 14.5 Å². The normalized spacial score (nSPS) is 11.6. The second-order valence-electron chi connectivity index (χ2n) is 5.13. The van der Waals surface area contributed by atoms with E-state index >= 15 is 0 Å². The number of nitrogens with two attached hydrogens (primary N) is 1. The lowest BCUT2D eigenvalue weighted by Gasteiger charge is -2.12. The Labute approximate surface area is 132 Å². The van der Waals surface area contributed by atoms with Crippen LogP contribution in [-0.4, -0.2) is 12.5 Å². The Bertz CT molecular complexity index is 738. The van der Waals surface area contributed by atoms with Gasteiger partial charge in [-0.1, -0.05) is 0 Å². The van der Waals surface area contributed by atoms with E-state index in [0.717, 1.165) is 6.07 Å². The van der Waals surface area contributed by atoms with Gasteiger partial charge in [0.15, 0.2) is 6.54 Å². The predicted octanol–water partition coefficient (Wildman–Crippen LogP) is 2.10. The highest BCUT2D eigenvalue weighted by Gasteiger charge is 2.16. The molecule has 0 aromatic heterocycles.